The van der Waals surface area contributed by atoms with Gasteiger partial charge in [0.2, 0.25) is 5.89 Å². The fourth-order valence-electron chi connectivity index (χ4n) is 1.52. The van der Waals surface area contributed by atoms with E-state index in [0.717, 1.165) is 5.76 Å². The zero-order valence-electron chi connectivity index (χ0n) is 10.0. The van der Waals surface area contributed by atoms with Gasteiger partial charge in [0, 0.05) is 12.4 Å². The first-order valence-corrected chi connectivity index (χ1v) is 6.36. The van der Waals surface area contributed by atoms with Gasteiger partial charge in [-0.3, -0.25) is 4.79 Å². The van der Waals surface area contributed by atoms with Crippen LogP contribution in [0.25, 0.3) is 0 Å². The smallest absolute Gasteiger partial charge is 0.313 e. The summed E-state index contributed by atoms with van der Waals surface area (Å²) in [5.41, 5.74) is 0. The Labute approximate surface area is 108 Å². The zero-order chi connectivity index (χ0) is 13.1. The molecule has 0 amide bonds. The van der Waals surface area contributed by atoms with Crippen molar-refractivity contribution in [2.24, 2.45) is 0 Å². The van der Waals surface area contributed by atoms with E-state index >= 15 is 0 Å². The number of hydrogen-bond acceptors (Lipinski definition) is 5. The van der Waals surface area contributed by atoms with Gasteiger partial charge in [-0.1, -0.05) is 11.8 Å². The van der Waals surface area contributed by atoms with E-state index in [1.807, 2.05) is 18.4 Å². The highest BCUT2D eigenvalue weighted by Crippen LogP contribution is 2.24. The number of carbonyl (C=O) groups is 1. The maximum atomic E-state index is 10.6. The van der Waals surface area contributed by atoms with E-state index in [-0.39, 0.29) is 11.8 Å². The molecule has 0 aromatic carbocycles. The predicted molar refractivity (Wildman–Crippen MR) is 65.6 cm³/mol. The van der Waals surface area contributed by atoms with Crippen LogP contribution in [-0.4, -0.2) is 31.4 Å². The lowest BCUT2D eigenvalue weighted by molar-refractivity contribution is -0.133. The quantitative estimate of drug-likeness (QED) is 0.834. The largest absolute Gasteiger partial charge is 0.481 e. The first kappa shape index (κ1) is 12.7. The lowest BCUT2D eigenvalue weighted by Gasteiger charge is -2.12. The lowest BCUT2D eigenvalue weighted by atomic mass is 10.3. The lowest BCUT2D eigenvalue weighted by Crippen LogP contribution is -2.08. The van der Waals surface area contributed by atoms with Gasteiger partial charge in [0.1, 0.15) is 11.8 Å². The van der Waals surface area contributed by atoms with Gasteiger partial charge in [-0.15, -0.1) is 0 Å². The molecule has 7 heteroatoms. The molecule has 1 N–H and O–H groups in total. The molecule has 0 bridgehead atoms. The minimum atomic E-state index is -0.867. The van der Waals surface area contributed by atoms with Crippen LogP contribution in [0.1, 0.15) is 24.6 Å². The number of nitrogens with zero attached hydrogens (tertiary/aromatic N) is 3. The Morgan fingerprint density at radius 3 is 3.00 bits per heavy atom. The van der Waals surface area contributed by atoms with Crippen LogP contribution < -0.4 is 0 Å². The third-order valence-electron chi connectivity index (χ3n) is 2.37. The molecule has 0 fully saturated rings. The zero-order valence-corrected chi connectivity index (χ0v) is 10.8. The number of rotatable bonds is 5. The molecule has 18 heavy (non-hydrogen) atoms. The number of carboxylic acid groups (broad SMARTS) is 1. The van der Waals surface area contributed by atoms with Gasteiger partial charge >= 0.3 is 5.97 Å². The number of thioether (sulfide) groups is 1. The summed E-state index contributed by atoms with van der Waals surface area (Å²) in [6.45, 7) is 3.76. The number of aromatic nitrogens is 3. The summed E-state index contributed by atoms with van der Waals surface area (Å²) in [6.07, 6.45) is 5.08. The van der Waals surface area contributed by atoms with Gasteiger partial charge < -0.3 is 14.1 Å². The highest BCUT2D eigenvalue weighted by atomic mass is 32.2. The normalized spacial score (nSPS) is 12.6. The molecule has 0 aliphatic heterocycles. The van der Waals surface area contributed by atoms with Crippen LogP contribution in [0.4, 0.5) is 0 Å². The summed E-state index contributed by atoms with van der Waals surface area (Å²) in [7, 11) is 0. The van der Waals surface area contributed by atoms with Crippen LogP contribution >= 0.6 is 11.8 Å². The van der Waals surface area contributed by atoms with Crippen molar-refractivity contribution < 1.29 is 14.3 Å². The number of carboxylic acids is 1. The van der Waals surface area contributed by atoms with E-state index in [1.165, 1.54) is 11.8 Å². The topological polar surface area (TPSA) is 81.2 Å². The Hall–Kier alpha value is -1.76. The van der Waals surface area contributed by atoms with Crippen molar-refractivity contribution in [2.75, 3.05) is 5.75 Å². The SMILES string of the molecule is Cc1cnc(C(C)n2ccnc2SCC(=O)O)o1. The molecule has 0 saturated heterocycles. The Kier molecular flexibility index (Phi) is 3.71. The number of hydrogen-bond donors (Lipinski definition) is 1. The van der Waals surface area contributed by atoms with E-state index in [4.69, 9.17) is 9.52 Å². The second-order valence-corrected chi connectivity index (χ2v) is 4.73. The molecule has 1 unspecified atom stereocenters. The third-order valence-corrected chi connectivity index (χ3v) is 3.34. The number of imidazole rings is 1. The number of oxazole rings is 1. The second-order valence-electron chi connectivity index (χ2n) is 3.78. The van der Waals surface area contributed by atoms with Crippen molar-refractivity contribution in [1.82, 2.24) is 14.5 Å². The van der Waals surface area contributed by atoms with Crippen molar-refractivity contribution in [3.63, 3.8) is 0 Å². The maximum Gasteiger partial charge on any atom is 0.313 e. The maximum absolute atomic E-state index is 10.6. The van der Waals surface area contributed by atoms with Crippen LogP contribution in [0, 0.1) is 6.92 Å². The Balaban J connectivity index is 2.17. The molecule has 0 saturated carbocycles. The molecule has 0 aliphatic rings. The van der Waals surface area contributed by atoms with Gasteiger partial charge in [-0.25, -0.2) is 9.97 Å². The molecule has 6 nitrogen and oxygen atoms in total. The standard InChI is InChI=1S/C11H13N3O3S/c1-7-5-13-10(17-7)8(2)14-4-3-12-11(14)18-6-9(15)16/h3-5,8H,6H2,1-2H3,(H,15,16). The van der Waals surface area contributed by atoms with Crippen molar-refractivity contribution >= 4 is 17.7 Å². The minimum Gasteiger partial charge on any atom is -0.481 e. The van der Waals surface area contributed by atoms with Crippen LogP contribution in [0.2, 0.25) is 0 Å². The molecular formula is C11H13N3O3S. The summed E-state index contributed by atoms with van der Waals surface area (Å²) in [5, 5.41) is 9.31. The number of aliphatic carboxylic acids is 1. The monoisotopic (exact) mass is 267 g/mol. The summed E-state index contributed by atoms with van der Waals surface area (Å²) in [6, 6.07) is -0.113. The first-order valence-electron chi connectivity index (χ1n) is 5.37. The average molecular weight is 267 g/mol. The summed E-state index contributed by atoms with van der Waals surface area (Å²) in [5.74, 6) is 0.447. The molecule has 0 aliphatic carbocycles. The average Bonchev–Trinajstić information content (AvgIpc) is 2.93. The summed E-state index contributed by atoms with van der Waals surface area (Å²) in [4.78, 5) is 18.9. The molecule has 2 rings (SSSR count). The van der Waals surface area contributed by atoms with Crippen LogP contribution in [0.15, 0.2) is 28.2 Å². The molecule has 2 aromatic heterocycles. The molecule has 96 valence electrons. The first-order chi connectivity index (χ1) is 8.58. The van der Waals surface area contributed by atoms with E-state index < -0.39 is 5.97 Å². The Bertz CT molecular complexity index is 549. The van der Waals surface area contributed by atoms with Crippen molar-refractivity contribution in [3.8, 4) is 0 Å². The Morgan fingerprint density at radius 2 is 2.39 bits per heavy atom. The number of aryl methyl sites for hydroxylation is 1. The summed E-state index contributed by atoms with van der Waals surface area (Å²) >= 11 is 1.17. The fraction of sp³-hybridized carbons (Fsp3) is 0.364. The van der Waals surface area contributed by atoms with Crippen molar-refractivity contribution in [1.29, 1.82) is 0 Å². The predicted octanol–water partition coefficient (Wildman–Crippen LogP) is 1.97. The molecule has 1 atom stereocenters. The van der Waals surface area contributed by atoms with Crippen molar-refractivity contribution in [2.45, 2.75) is 25.0 Å². The van der Waals surface area contributed by atoms with Crippen LogP contribution in [0.3, 0.4) is 0 Å². The Morgan fingerprint density at radius 1 is 1.61 bits per heavy atom. The van der Waals surface area contributed by atoms with Gasteiger partial charge in [-0.2, -0.15) is 0 Å². The fourth-order valence-corrected chi connectivity index (χ4v) is 2.27. The highest BCUT2D eigenvalue weighted by Gasteiger charge is 2.17. The molecule has 2 heterocycles. The highest BCUT2D eigenvalue weighted by molar-refractivity contribution is 7.99. The van der Waals surface area contributed by atoms with Crippen LogP contribution in [-0.2, 0) is 4.79 Å². The molecule has 2 aromatic rings. The van der Waals surface area contributed by atoms with E-state index in [1.54, 1.807) is 18.6 Å². The third kappa shape index (κ3) is 2.73. The molecular weight excluding hydrogens is 254 g/mol. The van der Waals surface area contributed by atoms with Crippen molar-refractivity contribution in [3.05, 3.63) is 30.2 Å². The van der Waals surface area contributed by atoms with Gasteiger partial charge in [0.25, 0.3) is 0 Å². The van der Waals surface area contributed by atoms with Gasteiger partial charge in [0.05, 0.1) is 11.9 Å². The van der Waals surface area contributed by atoms with Gasteiger partial charge in [0.15, 0.2) is 5.16 Å². The minimum absolute atomic E-state index is 0.0195. The van der Waals surface area contributed by atoms with Crippen LogP contribution in [0.5, 0.6) is 0 Å². The second kappa shape index (κ2) is 5.26. The van der Waals surface area contributed by atoms with E-state index in [9.17, 15) is 4.79 Å². The van der Waals surface area contributed by atoms with E-state index in [2.05, 4.69) is 9.97 Å². The molecule has 0 spiro atoms. The molecule has 0 radical (unpaired) electrons. The van der Waals surface area contributed by atoms with E-state index in [0.29, 0.717) is 11.0 Å². The summed E-state index contributed by atoms with van der Waals surface area (Å²) < 4.78 is 7.31. The van der Waals surface area contributed by atoms with Gasteiger partial charge in [-0.05, 0) is 13.8 Å².